The Hall–Kier alpha value is -2.47. The van der Waals surface area contributed by atoms with Gasteiger partial charge in [0.05, 0.1) is 5.56 Å². The smallest absolute Gasteiger partial charge is 0.254 e. The van der Waals surface area contributed by atoms with Gasteiger partial charge in [0.1, 0.15) is 12.1 Å². The number of rotatable bonds is 5. The Morgan fingerprint density at radius 1 is 1.39 bits per heavy atom. The van der Waals surface area contributed by atoms with Crippen molar-refractivity contribution in [2.75, 3.05) is 18.0 Å². The summed E-state index contributed by atoms with van der Waals surface area (Å²) in [5.41, 5.74) is 7.25. The van der Waals surface area contributed by atoms with E-state index in [0.717, 1.165) is 19.6 Å². The Kier molecular flexibility index (Phi) is 3.27. The number of hydrogen-bond donors (Lipinski definition) is 2. The van der Waals surface area contributed by atoms with E-state index in [9.17, 15) is 4.79 Å². The van der Waals surface area contributed by atoms with Crippen molar-refractivity contribution >= 4 is 11.7 Å². The topological polar surface area (TPSA) is 84.1 Å². The first-order valence-electron chi connectivity index (χ1n) is 7.82. The molecule has 118 valence electrons. The van der Waals surface area contributed by atoms with E-state index in [4.69, 9.17) is 5.73 Å². The van der Waals surface area contributed by atoms with Crippen LogP contribution in [0.15, 0.2) is 42.9 Å². The van der Waals surface area contributed by atoms with Crippen LogP contribution in [0.5, 0.6) is 0 Å². The standard InChI is InChI=1S/C17H19N5O/c18-15(23)14-8-19-11-20-16(14)22-9-13-6-17(13,10-22)21-7-12-4-2-1-3-5-12/h1-5,8,11,13,21H,6-7,9-10H2,(H2,18,23). The summed E-state index contributed by atoms with van der Waals surface area (Å²) >= 11 is 0. The third kappa shape index (κ3) is 2.55. The van der Waals surface area contributed by atoms with Crippen LogP contribution in [-0.2, 0) is 6.54 Å². The predicted octanol–water partition coefficient (Wildman–Crippen LogP) is 0.944. The number of anilines is 1. The average Bonchev–Trinajstić information content (AvgIpc) is 3.14. The summed E-state index contributed by atoms with van der Waals surface area (Å²) in [7, 11) is 0. The Balaban J connectivity index is 1.47. The van der Waals surface area contributed by atoms with Gasteiger partial charge in [-0.05, 0) is 17.9 Å². The first kappa shape index (κ1) is 14.1. The maximum absolute atomic E-state index is 11.6. The van der Waals surface area contributed by atoms with Crippen molar-refractivity contribution in [2.24, 2.45) is 11.7 Å². The molecule has 2 aliphatic rings. The van der Waals surface area contributed by atoms with Gasteiger partial charge < -0.3 is 16.0 Å². The van der Waals surface area contributed by atoms with Gasteiger partial charge in [-0.15, -0.1) is 0 Å². The Bertz CT molecular complexity index is 735. The van der Waals surface area contributed by atoms with Gasteiger partial charge in [0.25, 0.3) is 5.91 Å². The molecule has 0 spiro atoms. The fourth-order valence-corrected chi connectivity index (χ4v) is 3.54. The molecule has 1 saturated heterocycles. The minimum absolute atomic E-state index is 0.135. The summed E-state index contributed by atoms with van der Waals surface area (Å²) < 4.78 is 0. The van der Waals surface area contributed by atoms with Gasteiger partial charge in [0, 0.05) is 31.4 Å². The second kappa shape index (κ2) is 5.31. The molecule has 2 heterocycles. The second-order valence-corrected chi connectivity index (χ2v) is 6.40. The van der Waals surface area contributed by atoms with Crippen molar-refractivity contribution in [1.29, 1.82) is 0 Å². The van der Waals surface area contributed by atoms with Gasteiger partial charge >= 0.3 is 0 Å². The van der Waals surface area contributed by atoms with Crippen molar-refractivity contribution in [2.45, 2.75) is 18.5 Å². The number of benzene rings is 1. The van der Waals surface area contributed by atoms with Crippen LogP contribution in [0.4, 0.5) is 5.82 Å². The van der Waals surface area contributed by atoms with Crippen molar-refractivity contribution < 1.29 is 4.79 Å². The summed E-state index contributed by atoms with van der Waals surface area (Å²) in [6, 6.07) is 10.4. The summed E-state index contributed by atoms with van der Waals surface area (Å²) in [6.07, 6.45) is 4.14. The molecule has 1 saturated carbocycles. The summed E-state index contributed by atoms with van der Waals surface area (Å²) in [5, 5.41) is 3.70. The number of nitrogens with one attached hydrogen (secondary N) is 1. The SMILES string of the molecule is NC(=O)c1cncnc1N1CC2CC2(NCc2ccccc2)C1. The minimum atomic E-state index is -0.479. The zero-order chi connectivity index (χ0) is 15.9. The van der Waals surface area contributed by atoms with Crippen LogP contribution in [0, 0.1) is 5.92 Å². The first-order chi connectivity index (χ1) is 11.2. The lowest BCUT2D eigenvalue weighted by atomic mass is 10.2. The van der Waals surface area contributed by atoms with Crippen LogP contribution < -0.4 is 16.0 Å². The third-order valence-electron chi connectivity index (χ3n) is 4.89. The molecule has 2 unspecified atom stereocenters. The molecule has 1 aromatic heterocycles. The highest BCUT2D eigenvalue weighted by Gasteiger charge is 2.60. The molecule has 23 heavy (non-hydrogen) atoms. The maximum Gasteiger partial charge on any atom is 0.254 e. The van der Waals surface area contributed by atoms with Gasteiger partial charge in [-0.1, -0.05) is 30.3 Å². The van der Waals surface area contributed by atoms with Crippen LogP contribution in [0.2, 0.25) is 0 Å². The molecule has 2 fully saturated rings. The average molecular weight is 309 g/mol. The summed E-state index contributed by atoms with van der Waals surface area (Å²) in [5.74, 6) is 0.773. The van der Waals surface area contributed by atoms with E-state index < -0.39 is 5.91 Å². The number of nitrogens with two attached hydrogens (primary N) is 1. The van der Waals surface area contributed by atoms with E-state index in [-0.39, 0.29) is 5.54 Å². The summed E-state index contributed by atoms with van der Waals surface area (Å²) in [4.78, 5) is 21.9. The number of hydrogen-bond acceptors (Lipinski definition) is 5. The van der Waals surface area contributed by atoms with Gasteiger partial charge in [-0.2, -0.15) is 0 Å². The fourth-order valence-electron chi connectivity index (χ4n) is 3.54. The number of aromatic nitrogens is 2. The zero-order valence-corrected chi connectivity index (χ0v) is 12.8. The van der Waals surface area contributed by atoms with Crippen molar-refractivity contribution in [3.8, 4) is 0 Å². The number of amides is 1. The van der Waals surface area contributed by atoms with E-state index >= 15 is 0 Å². The molecule has 2 aromatic rings. The maximum atomic E-state index is 11.6. The Morgan fingerprint density at radius 2 is 2.22 bits per heavy atom. The van der Waals surface area contributed by atoms with Gasteiger partial charge in [0.15, 0.2) is 0 Å². The van der Waals surface area contributed by atoms with Crippen molar-refractivity contribution in [3.63, 3.8) is 0 Å². The Labute approximate surface area is 134 Å². The monoisotopic (exact) mass is 309 g/mol. The van der Waals surface area contributed by atoms with Gasteiger partial charge in [-0.3, -0.25) is 4.79 Å². The predicted molar refractivity (Wildman–Crippen MR) is 86.9 cm³/mol. The minimum Gasteiger partial charge on any atom is -0.365 e. The molecule has 1 aromatic carbocycles. The Morgan fingerprint density at radius 3 is 3.00 bits per heavy atom. The number of carbonyl (C=O) groups excluding carboxylic acids is 1. The lowest BCUT2D eigenvalue weighted by Crippen LogP contribution is -2.39. The molecule has 0 radical (unpaired) electrons. The number of nitrogens with zero attached hydrogens (tertiary/aromatic N) is 3. The first-order valence-corrected chi connectivity index (χ1v) is 7.82. The number of piperidine rings is 1. The molecule has 0 bridgehead atoms. The highest BCUT2D eigenvalue weighted by atomic mass is 16.1. The van der Waals surface area contributed by atoms with E-state index in [2.05, 4.69) is 44.5 Å². The largest absolute Gasteiger partial charge is 0.365 e. The van der Waals surface area contributed by atoms with Crippen molar-refractivity contribution in [3.05, 3.63) is 54.0 Å². The molecule has 1 amide bonds. The van der Waals surface area contributed by atoms with Gasteiger partial charge in [0.2, 0.25) is 0 Å². The van der Waals surface area contributed by atoms with Crippen LogP contribution >= 0.6 is 0 Å². The summed E-state index contributed by atoms with van der Waals surface area (Å²) in [6.45, 7) is 2.61. The third-order valence-corrected chi connectivity index (χ3v) is 4.89. The van der Waals surface area contributed by atoms with Crippen molar-refractivity contribution in [1.82, 2.24) is 15.3 Å². The number of primary amides is 1. The lowest BCUT2D eigenvalue weighted by Gasteiger charge is -2.23. The van der Waals surface area contributed by atoms with Crippen LogP contribution in [0.25, 0.3) is 0 Å². The normalized spacial score (nSPS) is 25.2. The number of carbonyl (C=O) groups is 1. The van der Waals surface area contributed by atoms with E-state index in [1.807, 2.05) is 6.07 Å². The fraction of sp³-hybridized carbons (Fsp3) is 0.353. The highest BCUT2D eigenvalue weighted by molar-refractivity contribution is 5.97. The van der Waals surface area contributed by atoms with E-state index in [1.54, 1.807) is 0 Å². The molecule has 6 heteroatoms. The molecular formula is C17H19N5O. The molecule has 3 N–H and O–H groups in total. The highest BCUT2D eigenvalue weighted by Crippen LogP contribution is 2.50. The van der Waals surface area contributed by atoms with Crippen LogP contribution in [0.1, 0.15) is 22.3 Å². The van der Waals surface area contributed by atoms with E-state index in [0.29, 0.717) is 17.3 Å². The molecule has 1 aliphatic heterocycles. The molecular weight excluding hydrogens is 290 g/mol. The van der Waals surface area contributed by atoms with Gasteiger partial charge in [-0.25, -0.2) is 9.97 Å². The quantitative estimate of drug-likeness (QED) is 0.859. The molecule has 2 atom stereocenters. The molecule has 6 nitrogen and oxygen atoms in total. The zero-order valence-electron chi connectivity index (χ0n) is 12.8. The van der Waals surface area contributed by atoms with E-state index in [1.165, 1.54) is 24.5 Å². The lowest BCUT2D eigenvalue weighted by molar-refractivity contribution is 0.1000. The number of fused-ring (bicyclic) bond motifs is 1. The second-order valence-electron chi connectivity index (χ2n) is 6.40. The van der Waals surface area contributed by atoms with Crippen LogP contribution in [0.3, 0.4) is 0 Å². The molecule has 4 rings (SSSR count). The molecule has 1 aliphatic carbocycles. The van der Waals surface area contributed by atoms with Crippen LogP contribution in [-0.4, -0.2) is 34.5 Å².